The molecule has 0 atom stereocenters. The molecule has 148 valence electrons. The average molecular weight is 408 g/mol. The molecule has 0 aliphatic carbocycles. The van der Waals surface area contributed by atoms with Gasteiger partial charge >= 0.3 is 0 Å². The first-order valence-corrected chi connectivity index (χ1v) is 11.0. The molecule has 0 amide bonds. The lowest BCUT2D eigenvalue weighted by Crippen LogP contribution is -2.33. The monoisotopic (exact) mass is 407 g/mol. The molecule has 0 aliphatic rings. The number of sulfonamides is 1. The largest absolute Gasteiger partial charge is 0.269 e. The highest BCUT2D eigenvalue weighted by Crippen LogP contribution is 2.24. The molecule has 1 N–H and O–H groups in total. The van der Waals surface area contributed by atoms with E-state index < -0.39 is 10.0 Å². The first-order valence-electron chi connectivity index (χ1n) is 9.61. The molecule has 0 spiro atoms. The molecule has 7 heteroatoms. The minimum Gasteiger partial charge on any atom is -0.269 e. The fourth-order valence-electron chi connectivity index (χ4n) is 3.52. The molecular weight excluding hydrogens is 384 g/mol. The SMILES string of the molecule is CCN(CC)S(=O)(=O)c1cccc(-c2[nH]c3ccccc3[n+]2-c2ccccn2)c1. The number of fused-ring (bicyclic) bond motifs is 1. The third-order valence-electron chi connectivity index (χ3n) is 4.95. The number of rotatable bonds is 6. The maximum absolute atomic E-state index is 13.0. The van der Waals surface area contributed by atoms with Crippen molar-refractivity contribution in [2.75, 3.05) is 13.1 Å². The Bertz CT molecular complexity index is 1250. The fourth-order valence-corrected chi connectivity index (χ4v) is 5.02. The zero-order valence-corrected chi connectivity index (χ0v) is 17.2. The van der Waals surface area contributed by atoms with Crippen molar-refractivity contribution in [3.05, 3.63) is 72.9 Å². The number of hydrogen-bond donors (Lipinski definition) is 1. The lowest BCUT2D eigenvalue weighted by molar-refractivity contribution is -0.559. The quantitative estimate of drug-likeness (QED) is 0.497. The number of H-pyrrole nitrogens is 1. The maximum atomic E-state index is 13.0. The third kappa shape index (κ3) is 3.43. The summed E-state index contributed by atoms with van der Waals surface area (Å²) in [5, 5.41) is 0. The van der Waals surface area contributed by atoms with Gasteiger partial charge in [0.05, 0.1) is 4.90 Å². The van der Waals surface area contributed by atoms with E-state index in [1.54, 1.807) is 24.4 Å². The molecule has 6 nitrogen and oxygen atoms in total. The van der Waals surface area contributed by atoms with Gasteiger partial charge in [0, 0.05) is 24.7 Å². The number of aromatic nitrogens is 3. The molecular formula is C22H23N4O2S+. The minimum absolute atomic E-state index is 0.282. The van der Waals surface area contributed by atoms with Crippen molar-refractivity contribution in [3.63, 3.8) is 0 Å². The van der Waals surface area contributed by atoms with Crippen molar-refractivity contribution < 1.29 is 13.0 Å². The van der Waals surface area contributed by atoms with E-state index in [0.29, 0.717) is 13.1 Å². The summed E-state index contributed by atoms with van der Waals surface area (Å²) in [6, 6.07) is 20.7. The molecule has 2 aromatic carbocycles. The van der Waals surface area contributed by atoms with Gasteiger partial charge in [0.1, 0.15) is 17.2 Å². The van der Waals surface area contributed by atoms with Crippen LogP contribution in [0, 0.1) is 0 Å². The number of pyridine rings is 1. The van der Waals surface area contributed by atoms with Gasteiger partial charge in [-0.1, -0.05) is 38.1 Å². The van der Waals surface area contributed by atoms with E-state index in [0.717, 1.165) is 28.2 Å². The summed E-state index contributed by atoms with van der Waals surface area (Å²) >= 11 is 0. The van der Waals surface area contributed by atoms with Crippen molar-refractivity contribution in [3.8, 4) is 17.2 Å². The highest BCUT2D eigenvalue weighted by atomic mass is 32.2. The number of aromatic amines is 1. The summed E-state index contributed by atoms with van der Waals surface area (Å²) in [5.41, 5.74) is 2.70. The predicted molar refractivity (Wildman–Crippen MR) is 113 cm³/mol. The van der Waals surface area contributed by atoms with Crippen LogP contribution in [0.3, 0.4) is 0 Å². The molecule has 0 bridgehead atoms. The van der Waals surface area contributed by atoms with Gasteiger partial charge in [-0.3, -0.25) is 4.98 Å². The van der Waals surface area contributed by atoms with Gasteiger partial charge in [-0.05, 0) is 36.4 Å². The number of imidazole rings is 1. The topological polar surface area (TPSA) is 69.9 Å². The lowest BCUT2D eigenvalue weighted by atomic mass is 10.2. The van der Waals surface area contributed by atoms with E-state index in [4.69, 9.17) is 0 Å². The van der Waals surface area contributed by atoms with E-state index in [2.05, 4.69) is 9.97 Å². The van der Waals surface area contributed by atoms with Gasteiger partial charge in [-0.25, -0.2) is 8.42 Å². The van der Waals surface area contributed by atoms with Crippen LogP contribution in [0.4, 0.5) is 0 Å². The molecule has 0 saturated heterocycles. The van der Waals surface area contributed by atoms with E-state index in [9.17, 15) is 8.42 Å². The van der Waals surface area contributed by atoms with E-state index >= 15 is 0 Å². The average Bonchev–Trinajstić information content (AvgIpc) is 3.15. The third-order valence-corrected chi connectivity index (χ3v) is 7.00. The first kappa shape index (κ1) is 19.3. The molecule has 0 radical (unpaired) electrons. The van der Waals surface area contributed by atoms with E-state index in [-0.39, 0.29) is 4.90 Å². The Labute approximate surface area is 170 Å². The van der Waals surface area contributed by atoms with Crippen LogP contribution >= 0.6 is 0 Å². The van der Waals surface area contributed by atoms with Crippen LogP contribution in [0.15, 0.2) is 77.8 Å². The van der Waals surface area contributed by atoms with Crippen LogP contribution < -0.4 is 4.57 Å². The van der Waals surface area contributed by atoms with Crippen LogP contribution in [-0.2, 0) is 10.0 Å². The number of hydrogen-bond acceptors (Lipinski definition) is 3. The summed E-state index contributed by atoms with van der Waals surface area (Å²) < 4.78 is 29.5. The Morgan fingerprint density at radius 1 is 0.966 bits per heavy atom. The Morgan fingerprint density at radius 2 is 1.72 bits per heavy atom. The highest BCUT2D eigenvalue weighted by Gasteiger charge is 2.25. The number of para-hydroxylation sites is 2. The van der Waals surface area contributed by atoms with E-state index in [1.165, 1.54) is 4.31 Å². The second-order valence-corrected chi connectivity index (χ2v) is 8.57. The molecule has 29 heavy (non-hydrogen) atoms. The van der Waals surface area contributed by atoms with Crippen LogP contribution in [0.25, 0.3) is 28.2 Å². The Hall–Kier alpha value is -3.03. The summed E-state index contributed by atoms with van der Waals surface area (Å²) in [6.45, 7) is 4.56. The van der Waals surface area contributed by atoms with Gasteiger partial charge in [0.25, 0.3) is 5.82 Å². The van der Waals surface area contributed by atoms with Gasteiger partial charge in [0.15, 0.2) is 0 Å². The second kappa shape index (κ2) is 7.77. The summed E-state index contributed by atoms with van der Waals surface area (Å²) in [6.07, 6.45) is 1.75. The standard InChI is InChI=1S/C22H22N4O2S/c1-3-25(4-2)29(27,28)18-11-9-10-17(16-18)22-24-19-12-5-6-13-20(19)26(22)21-14-7-8-15-23-21/h5-16H,3-4H2,1-2H3/p+1. The second-order valence-electron chi connectivity index (χ2n) is 6.63. The normalized spacial score (nSPS) is 12.0. The zero-order chi connectivity index (χ0) is 20.4. The molecule has 2 heterocycles. The van der Waals surface area contributed by atoms with Crippen molar-refractivity contribution in [2.45, 2.75) is 18.7 Å². The fraction of sp³-hybridized carbons (Fsp3) is 0.182. The van der Waals surface area contributed by atoms with E-state index in [1.807, 2.05) is 66.9 Å². The van der Waals surface area contributed by atoms with Crippen LogP contribution in [-0.4, -0.2) is 35.8 Å². The van der Waals surface area contributed by atoms with Gasteiger partial charge < -0.3 is 0 Å². The summed E-state index contributed by atoms with van der Waals surface area (Å²) in [7, 11) is -3.54. The molecule has 2 aromatic heterocycles. The minimum atomic E-state index is -3.54. The molecule has 0 fully saturated rings. The molecule has 0 unspecified atom stereocenters. The zero-order valence-electron chi connectivity index (χ0n) is 16.4. The van der Waals surface area contributed by atoms with Crippen molar-refractivity contribution in [1.29, 1.82) is 0 Å². The Balaban J connectivity index is 1.93. The smallest absolute Gasteiger partial charge is 0.267 e. The van der Waals surface area contributed by atoms with Crippen LogP contribution in [0.5, 0.6) is 0 Å². The number of nitrogens with zero attached hydrogens (tertiary/aromatic N) is 3. The molecule has 4 rings (SSSR count). The Morgan fingerprint density at radius 3 is 2.45 bits per heavy atom. The van der Waals surface area contributed by atoms with Crippen LogP contribution in [0.2, 0.25) is 0 Å². The van der Waals surface area contributed by atoms with Gasteiger partial charge in [-0.2, -0.15) is 8.87 Å². The number of benzene rings is 2. The van der Waals surface area contributed by atoms with Gasteiger partial charge in [-0.15, -0.1) is 4.98 Å². The lowest BCUT2D eigenvalue weighted by Gasteiger charge is -2.18. The Kier molecular flexibility index (Phi) is 5.17. The molecule has 4 aromatic rings. The van der Waals surface area contributed by atoms with Crippen molar-refractivity contribution >= 4 is 21.1 Å². The van der Waals surface area contributed by atoms with Crippen LogP contribution in [0.1, 0.15) is 13.8 Å². The molecule has 0 aliphatic heterocycles. The summed E-state index contributed by atoms with van der Waals surface area (Å²) in [4.78, 5) is 8.21. The maximum Gasteiger partial charge on any atom is 0.267 e. The predicted octanol–water partition coefficient (Wildman–Crippen LogP) is 3.54. The van der Waals surface area contributed by atoms with Crippen molar-refractivity contribution in [2.24, 2.45) is 0 Å². The summed E-state index contributed by atoms with van der Waals surface area (Å²) in [5.74, 6) is 1.54. The first-order chi connectivity index (χ1) is 14.1. The highest BCUT2D eigenvalue weighted by molar-refractivity contribution is 7.89. The van der Waals surface area contributed by atoms with Crippen molar-refractivity contribution in [1.82, 2.24) is 14.3 Å². The number of nitrogens with one attached hydrogen (secondary N) is 1. The van der Waals surface area contributed by atoms with Gasteiger partial charge in [0.2, 0.25) is 15.8 Å². The molecule has 0 saturated carbocycles.